The number of benzene rings is 1. The first-order valence-corrected chi connectivity index (χ1v) is 5.74. The van der Waals surface area contributed by atoms with Gasteiger partial charge >= 0.3 is 0 Å². The van der Waals surface area contributed by atoms with Gasteiger partial charge in [0.15, 0.2) is 0 Å². The summed E-state index contributed by atoms with van der Waals surface area (Å²) in [4.78, 5) is 13.0. The minimum absolute atomic E-state index is 0.0367. The van der Waals surface area contributed by atoms with Gasteiger partial charge in [-0.1, -0.05) is 12.1 Å². The number of nitrogens with two attached hydrogens (primary N) is 1. The number of amides is 1. The van der Waals surface area contributed by atoms with Crippen LogP contribution in [0.5, 0.6) is 5.75 Å². The fourth-order valence-corrected chi connectivity index (χ4v) is 1.92. The average molecular weight is 236 g/mol. The quantitative estimate of drug-likeness (QED) is 0.817. The Morgan fingerprint density at radius 2 is 2.06 bits per heavy atom. The van der Waals surface area contributed by atoms with Crippen molar-refractivity contribution >= 4 is 5.91 Å². The summed E-state index contributed by atoms with van der Waals surface area (Å²) in [5, 5.41) is 9.45. The van der Waals surface area contributed by atoms with E-state index in [0.717, 1.165) is 5.56 Å². The van der Waals surface area contributed by atoms with Crippen LogP contribution in [0.3, 0.4) is 0 Å². The van der Waals surface area contributed by atoms with Crippen molar-refractivity contribution < 1.29 is 9.90 Å². The maximum Gasteiger partial charge on any atom is 0.231 e. The molecule has 0 aliphatic heterocycles. The van der Waals surface area contributed by atoms with Crippen LogP contribution in [0.25, 0.3) is 0 Å². The van der Waals surface area contributed by atoms with Crippen LogP contribution in [-0.2, 0) is 4.79 Å². The van der Waals surface area contributed by atoms with Crippen LogP contribution in [0, 0.1) is 0 Å². The molecule has 0 fully saturated rings. The van der Waals surface area contributed by atoms with Gasteiger partial charge in [-0.25, -0.2) is 0 Å². The second-order valence-electron chi connectivity index (χ2n) is 4.50. The summed E-state index contributed by atoms with van der Waals surface area (Å²) in [6.45, 7) is 6.25. The van der Waals surface area contributed by atoms with Gasteiger partial charge in [-0.05, 0) is 38.5 Å². The van der Waals surface area contributed by atoms with Crippen LogP contribution >= 0.6 is 0 Å². The summed E-state index contributed by atoms with van der Waals surface area (Å²) in [6, 6.07) is 7.31. The van der Waals surface area contributed by atoms with Gasteiger partial charge < -0.3 is 10.8 Å². The van der Waals surface area contributed by atoms with E-state index in [1.165, 1.54) is 0 Å². The van der Waals surface area contributed by atoms with Crippen molar-refractivity contribution in [3.63, 3.8) is 0 Å². The van der Waals surface area contributed by atoms with Crippen molar-refractivity contribution in [1.82, 2.24) is 4.90 Å². The van der Waals surface area contributed by atoms with E-state index in [0.29, 0.717) is 0 Å². The third-order valence-corrected chi connectivity index (χ3v) is 2.85. The molecule has 0 radical (unpaired) electrons. The molecule has 4 heteroatoms. The topological polar surface area (TPSA) is 66.6 Å². The molecule has 1 amide bonds. The third kappa shape index (κ3) is 3.75. The molecule has 1 atom stereocenters. The van der Waals surface area contributed by atoms with Crippen LogP contribution < -0.4 is 5.73 Å². The van der Waals surface area contributed by atoms with Gasteiger partial charge in [-0.2, -0.15) is 0 Å². The van der Waals surface area contributed by atoms with Crippen molar-refractivity contribution in [3.05, 3.63) is 29.8 Å². The Morgan fingerprint density at radius 1 is 1.41 bits per heavy atom. The van der Waals surface area contributed by atoms with Crippen molar-refractivity contribution in [1.29, 1.82) is 0 Å². The molecule has 0 aliphatic carbocycles. The van der Waals surface area contributed by atoms with E-state index >= 15 is 0 Å². The van der Waals surface area contributed by atoms with E-state index in [-0.39, 0.29) is 30.3 Å². The fraction of sp³-hybridized carbons (Fsp3) is 0.462. The minimum atomic E-state index is -0.342. The summed E-state index contributed by atoms with van der Waals surface area (Å²) in [7, 11) is 0. The van der Waals surface area contributed by atoms with E-state index in [1.807, 2.05) is 31.7 Å². The Balaban J connectivity index is 2.91. The third-order valence-electron chi connectivity index (χ3n) is 2.85. The van der Waals surface area contributed by atoms with Crippen LogP contribution in [0.4, 0.5) is 0 Å². The first kappa shape index (κ1) is 13.5. The summed E-state index contributed by atoms with van der Waals surface area (Å²) in [6.07, 6.45) is 0. The number of hydrogen-bond donors (Lipinski definition) is 2. The van der Waals surface area contributed by atoms with Gasteiger partial charge in [0.1, 0.15) is 5.75 Å². The van der Waals surface area contributed by atoms with Crippen LogP contribution in [-0.4, -0.2) is 28.5 Å². The van der Waals surface area contributed by atoms with E-state index in [1.54, 1.807) is 18.2 Å². The second-order valence-corrected chi connectivity index (χ2v) is 4.50. The zero-order valence-corrected chi connectivity index (χ0v) is 10.6. The van der Waals surface area contributed by atoms with E-state index in [9.17, 15) is 9.90 Å². The number of hydrogen-bond acceptors (Lipinski definition) is 3. The predicted molar refractivity (Wildman–Crippen MR) is 67.6 cm³/mol. The Kier molecular flexibility index (Phi) is 4.52. The first-order valence-electron chi connectivity index (χ1n) is 5.74. The number of phenolic OH excluding ortho intramolecular Hbond substituents is 1. The van der Waals surface area contributed by atoms with Gasteiger partial charge in [0, 0.05) is 12.1 Å². The zero-order chi connectivity index (χ0) is 13.0. The van der Waals surface area contributed by atoms with Gasteiger partial charge in [0.05, 0.1) is 6.54 Å². The largest absolute Gasteiger partial charge is 0.508 e. The molecule has 0 saturated carbocycles. The number of primary amides is 1. The van der Waals surface area contributed by atoms with Crippen LogP contribution in [0.1, 0.15) is 32.4 Å². The highest BCUT2D eigenvalue weighted by atomic mass is 16.3. The number of nitrogens with zero attached hydrogens (tertiary/aromatic N) is 1. The Bertz CT molecular complexity index is 391. The molecule has 1 rings (SSSR count). The molecule has 0 heterocycles. The van der Waals surface area contributed by atoms with Crippen LogP contribution in [0.15, 0.2) is 24.3 Å². The van der Waals surface area contributed by atoms with Gasteiger partial charge in [0.2, 0.25) is 5.91 Å². The maximum atomic E-state index is 11.0. The van der Waals surface area contributed by atoms with Crippen molar-refractivity contribution in [2.75, 3.05) is 6.54 Å². The molecule has 17 heavy (non-hydrogen) atoms. The standard InChI is InChI=1S/C13H20N2O2/c1-9(2)15(8-13(14)17)10(3)11-5-4-6-12(16)7-11/h4-7,9-10,16H,8H2,1-3H3,(H2,14,17). The lowest BCUT2D eigenvalue weighted by atomic mass is 10.1. The monoisotopic (exact) mass is 236 g/mol. The smallest absolute Gasteiger partial charge is 0.231 e. The highest BCUT2D eigenvalue weighted by molar-refractivity contribution is 5.76. The summed E-state index contributed by atoms with van der Waals surface area (Å²) < 4.78 is 0. The normalized spacial score (nSPS) is 13.0. The predicted octanol–water partition coefficient (Wildman–Crippen LogP) is 1.65. The van der Waals surface area contributed by atoms with Crippen LogP contribution in [0.2, 0.25) is 0 Å². The molecule has 0 bridgehead atoms. The maximum absolute atomic E-state index is 11.0. The summed E-state index contributed by atoms with van der Waals surface area (Å²) >= 11 is 0. The molecular formula is C13H20N2O2. The van der Waals surface area contributed by atoms with Crippen molar-refractivity contribution in [3.8, 4) is 5.75 Å². The lowest BCUT2D eigenvalue weighted by molar-refractivity contribution is -0.120. The van der Waals surface area contributed by atoms with E-state index < -0.39 is 0 Å². The number of carbonyl (C=O) groups is 1. The van der Waals surface area contributed by atoms with Crippen molar-refractivity contribution in [2.45, 2.75) is 32.9 Å². The molecule has 0 aliphatic rings. The number of phenols is 1. The summed E-state index contributed by atoms with van der Waals surface area (Å²) in [5.41, 5.74) is 6.22. The molecule has 0 aromatic heterocycles. The first-order chi connectivity index (χ1) is 7.91. The molecule has 1 unspecified atom stereocenters. The molecule has 3 N–H and O–H groups in total. The SMILES string of the molecule is CC(C)N(CC(N)=O)C(C)c1cccc(O)c1. The molecular weight excluding hydrogens is 216 g/mol. The molecule has 94 valence electrons. The van der Waals surface area contributed by atoms with E-state index in [4.69, 9.17) is 5.73 Å². The Morgan fingerprint density at radius 3 is 2.53 bits per heavy atom. The minimum Gasteiger partial charge on any atom is -0.508 e. The number of aromatic hydroxyl groups is 1. The highest BCUT2D eigenvalue weighted by Gasteiger charge is 2.20. The average Bonchev–Trinajstić information content (AvgIpc) is 2.24. The van der Waals surface area contributed by atoms with Gasteiger partial charge in [-0.3, -0.25) is 9.69 Å². The number of rotatable bonds is 5. The number of carbonyl (C=O) groups excluding carboxylic acids is 1. The summed E-state index contributed by atoms with van der Waals surface area (Å²) in [5.74, 6) is -0.108. The Hall–Kier alpha value is -1.55. The van der Waals surface area contributed by atoms with Gasteiger partial charge in [0.25, 0.3) is 0 Å². The lowest BCUT2D eigenvalue weighted by Crippen LogP contribution is -2.40. The molecule has 0 saturated heterocycles. The Labute approximate surface area is 102 Å². The highest BCUT2D eigenvalue weighted by Crippen LogP contribution is 2.24. The van der Waals surface area contributed by atoms with Gasteiger partial charge in [-0.15, -0.1) is 0 Å². The second kappa shape index (κ2) is 5.68. The van der Waals surface area contributed by atoms with Crippen molar-refractivity contribution in [2.24, 2.45) is 5.73 Å². The fourth-order valence-electron chi connectivity index (χ4n) is 1.92. The molecule has 1 aromatic rings. The molecule has 4 nitrogen and oxygen atoms in total. The molecule has 0 spiro atoms. The van der Waals surface area contributed by atoms with E-state index in [2.05, 4.69) is 0 Å². The molecule has 1 aromatic carbocycles. The zero-order valence-electron chi connectivity index (χ0n) is 10.6. The lowest BCUT2D eigenvalue weighted by Gasteiger charge is -2.31.